The number of aromatic nitrogens is 1. The lowest BCUT2D eigenvalue weighted by molar-refractivity contribution is -0.143. The van der Waals surface area contributed by atoms with Crippen LogP contribution < -0.4 is 15.4 Å². The number of piperazine rings is 1. The van der Waals surface area contributed by atoms with E-state index in [-0.39, 0.29) is 61.3 Å². The average Bonchev–Trinajstić information content (AvgIpc) is 3.70. The molecule has 1 aliphatic carbocycles. The molecule has 1 aromatic heterocycles. The Labute approximate surface area is 334 Å². The van der Waals surface area contributed by atoms with Gasteiger partial charge in [-0.1, -0.05) is 49.7 Å². The van der Waals surface area contributed by atoms with E-state index in [4.69, 9.17) is 14.2 Å². The number of aryl methyl sites for hydroxylation is 1. The van der Waals surface area contributed by atoms with Crippen LogP contribution in [-0.4, -0.2) is 120 Å². The molecule has 3 aliphatic rings. The highest BCUT2D eigenvalue weighted by Crippen LogP contribution is 2.29. The fourth-order valence-corrected chi connectivity index (χ4v) is 7.33. The molecule has 0 unspecified atom stereocenters. The summed E-state index contributed by atoms with van der Waals surface area (Å²) in [5.74, 6) is -1.02. The van der Waals surface area contributed by atoms with Gasteiger partial charge in [0.25, 0.3) is 11.8 Å². The fraction of sp³-hybridized carbons (Fsp3) is 0.535. The van der Waals surface area contributed by atoms with Crippen molar-refractivity contribution in [1.29, 1.82) is 0 Å². The van der Waals surface area contributed by atoms with Gasteiger partial charge in [0, 0.05) is 56.8 Å². The quantitative estimate of drug-likeness (QED) is 0.196. The minimum atomic E-state index is -0.955. The molecule has 3 atom stereocenters. The molecular weight excluding hydrogens is 729 g/mol. The third-order valence-electron chi connectivity index (χ3n) is 10.9. The molecule has 14 heteroatoms. The largest absolute Gasteiger partial charge is 0.480 e. The van der Waals surface area contributed by atoms with E-state index in [1.165, 1.54) is 6.07 Å². The Balaban J connectivity index is 1.16. The second kappa shape index (κ2) is 19.8. The van der Waals surface area contributed by atoms with Crippen molar-refractivity contribution in [3.8, 4) is 5.75 Å². The van der Waals surface area contributed by atoms with Gasteiger partial charge >= 0.3 is 6.09 Å². The summed E-state index contributed by atoms with van der Waals surface area (Å²) in [6.45, 7) is 8.15. The first-order valence-corrected chi connectivity index (χ1v) is 20.4. The van der Waals surface area contributed by atoms with E-state index in [1.54, 1.807) is 21.6 Å². The number of rotatable bonds is 16. The van der Waals surface area contributed by atoms with Crippen molar-refractivity contribution in [3.63, 3.8) is 0 Å². The molecule has 3 fully saturated rings. The van der Waals surface area contributed by atoms with Gasteiger partial charge in [-0.05, 0) is 82.1 Å². The second-order valence-corrected chi connectivity index (χ2v) is 15.2. The van der Waals surface area contributed by atoms with Gasteiger partial charge in [-0.3, -0.25) is 19.2 Å². The molecule has 306 valence electrons. The second-order valence-electron chi connectivity index (χ2n) is 15.2. The zero-order valence-electron chi connectivity index (χ0n) is 33.4. The first-order valence-electron chi connectivity index (χ1n) is 20.4. The maximum absolute atomic E-state index is 14.1. The molecule has 2 N–H and O–H groups in total. The smallest absolute Gasteiger partial charge is 0.409 e. The molecule has 3 heterocycles. The number of hydrogen-bond donors (Lipinski definition) is 2. The van der Waals surface area contributed by atoms with Gasteiger partial charge in [-0.15, -0.1) is 0 Å². The van der Waals surface area contributed by atoms with Gasteiger partial charge in [0.2, 0.25) is 11.8 Å². The normalized spacial score (nSPS) is 18.1. The molecule has 0 bridgehead atoms. The van der Waals surface area contributed by atoms with E-state index in [9.17, 15) is 24.0 Å². The van der Waals surface area contributed by atoms with Crippen LogP contribution in [0.25, 0.3) is 10.9 Å². The van der Waals surface area contributed by atoms with Gasteiger partial charge in [0.15, 0.2) is 6.10 Å². The van der Waals surface area contributed by atoms with Crippen LogP contribution in [0.1, 0.15) is 86.8 Å². The maximum atomic E-state index is 14.1. The third kappa shape index (κ3) is 10.8. The number of amides is 5. The fourth-order valence-electron chi connectivity index (χ4n) is 7.33. The maximum Gasteiger partial charge on any atom is 0.409 e. The molecule has 2 aromatic carbocycles. The molecule has 1 saturated carbocycles. The minimum absolute atomic E-state index is 0.0179. The highest BCUT2D eigenvalue weighted by atomic mass is 16.6. The SMILES string of the molecule is CCCCOC(=O)N1CCN(C(=O)[C@H](CCOCc2ccccc2)NC(=O)c2cc(O[C@H](C)C(=O)N3CCC[C@H]3C(=O)NC3CCC3)c3ccc(C)cc3n2)CC1. The number of carbonyl (C=O) groups excluding carboxylic acids is 5. The molecule has 0 spiro atoms. The van der Waals surface area contributed by atoms with Crippen molar-refractivity contribution >= 4 is 40.6 Å². The number of carbonyl (C=O) groups is 5. The molecule has 0 radical (unpaired) electrons. The molecule has 6 rings (SSSR count). The first-order chi connectivity index (χ1) is 27.6. The highest BCUT2D eigenvalue weighted by molar-refractivity contribution is 5.99. The van der Waals surface area contributed by atoms with Crippen LogP contribution in [0.5, 0.6) is 5.75 Å². The van der Waals surface area contributed by atoms with Crippen LogP contribution in [-0.2, 0) is 30.5 Å². The summed E-state index contributed by atoms with van der Waals surface area (Å²) in [6, 6.07) is 15.4. The van der Waals surface area contributed by atoms with Crippen molar-refractivity contribution in [3.05, 3.63) is 71.4 Å². The van der Waals surface area contributed by atoms with Gasteiger partial charge in [0.1, 0.15) is 23.5 Å². The Bertz CT molecular complexity index is 1880. The summed E-state index contributed by atoms with van der Waals surface area (Å²) < 4.78 is 17.6. The number of pyridine rings is 1. The highest BCUT2D eigenvalue weighted by Gasteiger charge is 2.38. The molecule has 14 nitrogen and oxygen atoms in total. The summed E-state index contributed by atoms with van der Waals surface area (Å²) in [5.41, 5.74) is 2.41. The minimum Gasteiger partial charge on any atom is -0.480 e. The van der Waals surface area contributed by atoms with Gasteiger partial charge in [-0.2, -0.15) is 0 Å². The molecule has 3 aromatic rings. The van der Waals surface area contributed by atoms with Crippen LogP contribution in [0.15, 0.2) is 54.6 Å². The van der Waals surface area contributed by atoms with E-state index in [2.05, 4.69) is 15.6 Å². The van der Waals surface area contributed by atoms with Crippen molar-refractivity contribution in [2.24, 2.45) is 0 Å². The van der Waals surface area contributed by atoms with Gasteiger partial charge < -0.3 is 39.5 Å². The number of nitrogens with one attached hydrogen (secondary N) is 2. The van der Waals surface area contributed by atoms with E-state index >= 15 is 0 Å². The predicted molar refractivity (Wildman–Crippen MR) is 213 cm³/mol. The topological polar surface area (TPSA) is 160 Å². The zero-order chi connectivity index (χ0) is 40.3. The van der Waals surface area contributed by atoms with Crippen molar-refractivity contribution in [2.45, 2.75) is 103 Å². The Morgan fingerprint density at radius 3 is 2.35 bits per heavy atom. The van der Waals surface area contributed by atoms with Crippen LogP contribution in [0.3, 0.4) is 0 Å². The van der Waals surface area contributed by atoms with Crippen LogP contribution in [0.4, 0.5) is 4.79 Å². The summed E-state index contributed by atoms with van der Waals surface area (Å²) in [6.07, 6.45) is 4.89. The lowest BCUT2D eigenvalue weighted by Gasteiger charge is -2.36. The van der Waals surface area contributed by atoms with E-state index in [0.717, 1.165) is 49.7 Å². The Morgan fingerprint density at radius 2 is 1.63 bits per heavy atom. The van der Waals surface area contributed by atoms with Gasteiger partial charge in [0.05, 0.1) is 18.7 Å². The van der Waals surface area contributed by atoms with Crippen LogP contribution in [0, 0.1) is 6.92 Å². The zero-order valence-corrected chi connectivity index (χ0v) is 33.4. The number of nitrogens with zero attached hydrogens (tertiary/aromatic N) is 4. The molecule has 5 amide bonds. The number of likely N-dealkylation sites (tertiary alicyclic amines) is 1. The van der Waals surface area contributed by atoms with Crippen molar-refractivity contribution in [2.75, 3.05) is 45.9 Å². The predicted octanol–water partition coefficient (Wildman–Crippen LogP) is 4.76. The summed E-state index contributed by atoms with van der Waals surface area (Å²) in [7, 11) is 0. The Kier molecular flexibility index (Phi) is 14.3. The van der Waals surface area contributed by atoms with Crippen molar-refractivity contribution in [1.82, 2.24) is 30.3 Å². The molecular formula is C43H56N6O8. The van der Waals surface area contributed by atoms with Crippen molar-refractivity contribution < 1.29 is 38.2 Å². The first kappa shape index (κ1) is 41.4. The number of fused-ring (bicyclic) bond motifs is 1. The molecule has 2 aliphatic heterocycles. The Hall–Kier alpha value is -5.24. The summed E-state index contributed by atoms with van der Waals surface area (Å²) >= 11 is 0. The summed E-state index contributed by atoms with van der Waals surface area (Å²) in [5, 5.41) is 6.61. The molecule has 57 heavy (non-hydrogen) atoms. The standard InChI is InChI=1S/C43H56N6O8/c1-4-5-24-56-43(54)48-22-20-47(21-23-48)42(53)34(18-25-55-28-31-11-7-6-8-12-31)46-39(50)36-27-38(33-17-16-29(2)26-35(33)45-36)57-30(3)41(52)49-19-10-15-37(49)40(51)44-32-13-9-14-32/h6-8,11-12,16-17,26-27,30,32,34,37H,4-5,9-10,13-15,18-25,28H2,1-3H3,(H,44,51)(H,46,50)/t30-,34+,37+/m1/s1. The monoisotopic (exact) mass is 784 g/mol. The van der Waals surface area contributed by atoms with E-state index in [0.29, 0.717) is 50.2 Å². The van der Waals surface area contributed by atoms with Gasteiger partial charge in [-0.25, -0.2) is 9.78 Å². The number of ether oxygens (including phenoxy) is 3. The lowest BCUT2D eigenvalue weighted by atomic mass is 9.93. The van der Waals surface area contributed by atoms with E-state index < -0.39 is 30.2 Å². The van der Waals surface area contributed by atoms with Crippen LogP contribution >= 0.6 is 0 Å². The number of hydrogen-bond acceptors (Lipinski definition) is 9. The Morgan fingerprint density at radius 1 is 0.877 bits per heavy atom. The lowest BCUT2D eigenvalue weighted by Crippen LogP contribution is -2.56. The molecule has 2 saturated heterocycles. The third-order valence-corrected chi connectivity index (χ3v) is 10.9. The van der Waals surface area contributed by atoms with E-state index in [1.807, 2.05) is 62.4 Å². The summed E-state index contributed by atoms with van der Waals surface area (Å²) in [4.78, 5) is 77.1. The van der Waals surface area contributed by atoms with Crippen LogP contribution in [0.2, 0.25) is 0 Å². The number of unbranched alkanes of at least 4 members (excludes halogenated alkanes) is 1. The number of benzene rings is 2. The average molecular weight is 785 g/mol.